The Balaban J connectivity index is 1.45. The molecule has 0 spiro atoms. The Hall–Kier alpha value is -3.24. The second-order valence-electron chi connectivity index (χ2n) is 13.5. The fourth-order valence-electron chi connectivity index (χ4n) is 5.89. The summed E-state index contributed by atoms with van der Waals surface area (Å²) >= 11 is 0. The normalized spacial score (nSPS) is 19.6. The molecule has 2 fully saturated rings. The van der Waals surface area contributed by atoms with Gasteiger partial charge in [0.05, 0.1) is 5.92 Å². The highest BCUT2D eigenvalue weighted by molar-refractivity contribution is 5.98. The number of benzene rings is 1. The Morgan fingerprint density at radius 3 is 2.52 bits per heavy atom. The van der Waals surface area contributed by atoms with E-state index in [0.717, 1.165) is 25.0 Å². The third-order valence-corrected chi connectivity index (χ3v) is 8.25. The molecule has 0 bridgehead atoms. The van der Waals surface area contributed by atoms with E-state index in [1.54, 1.807) is 13.3 Å². The largest absolute Gasteiger partial charge is 0.490 e. The van der Waals surface area contributed by atoms with Gasteiger partial charge in [-0.05, 0) is 30.9 Å². The number of anilines is 1. The van der Waals surface area contributed by atoms with E-state index in [4.69, 9.17) is 14.5 Å². The van der Waals surface area contributed by atoms with E-state index in [1.807, 2.05) is 40.1 Å². The summed E-state index contributed by atoms with van der Waals surface area (Å²) in [6, 6.07) is 9.76. The van der Waals surface area contributed by atoms with E-state index in [1.165, 1.54) is 0 Å². The molecule has 1 aromatic carbocycles. The minimum absolute atomic E-state index is 0.104. The van der Waals surface area contributed by atoms with Crippen molar-refractivity contribution in [2.45, 2.75) is 77.9 Å². The average molecular weight is 609 g/mol. The molecule has 2 aliphatic heterocycles. The number of ether oxygens (including phenoxy) is 2. The van der Waals surface area contributed by atoms with E-state index >= 15 is 0 Å². The maximum atomic E-state index is 14.3. The second-order valence-corrected chi connectivity index (χ2v) is 13.5. The number of hydrogen-bond donors (Lipinski definition) is 2. The van der Waals surface area contributed by atoms with Crippen LogP contribution < -0.4 is 15.4 Å². The number of carbonyl (C=O) groups is 2. The zero-order chi connectivity index (χ0) is 31.7. The molecule has 2 saturated heterocycles. The standard InChI is InChI=1S/C34H52N6O4/c1-24(2)23-40(32(42)29-22-37-33(34(3,4)5)38-30(29)36-15-10-18-43-6)26-19-25(20-35-21-26)31(41)39-16-13-28(14-17-39)44-27-11-8-7-9-12-27/h7-9,11-12,22,24-26,28,35H,10,13-21,23H2,1-6H3,(H,36,37,38)/t25-,26+/m1/s1. The summed E-state index contributed by atoms with van der Waals surface area (Å²) in [6.07, 6.45) is 4.83. The molecule has 0 saturated carbocycles. The van der Waals surface area contributed by atoms with Gasteiger partial charge in [0.2, 0.25) is 5.91 Å². The summed E-state index contributed by atoms with van der Waals surface area (Å²) in [7, 11) is 1.68. The minimum atomic E-state index is -0.259. The van der Waals surface area contributed by atoms with E-state index in [9.17, 15) is 9.59 Å². The zero-order valence-electron chi connectivity index (χ0n) is 27.5. The lowest BCUT2D eigenvalue weighted by Crippen LogP contribution is -2.56. The van der Waals surface area contributed by atoms with Crippen LogP contribution in [0.4, 0.5) is 5.82 Å². The third-order valence-electron chi connectivity index (χ3n) is 8.25. The van der Waals surface area contributed by atoms with Crippen LogP contribution in [0.15, 0.2) is 36.5 Å². The highest BCUT2D eigenvalue weighted by atomic mass is 16.5. The SMILES string of the molecule is COCCCNc1nc(C(C)(C)C)ncc1C(=O)N(CC(C)C)[C@@H]1CNC[C@H](C(=O)N2CCC(Oc3ccccc3)CC2)C1. The second kappa shape index (κ2) is 15.7. The molecule has 44 heavy (non-hydrogen) atoms. The quantitative estimate of drug-likeness (QED) is 0.342. The Bertz CT molecular complexity index is 1210. The molecule has 4 rings (SSSR count). The zero-order valence-corrected chi connectivity index (χ0v) is 27.5. The highest BCUT2D eigenvalue weighted by Crippen LogP contribution is 2.27. The number of carbonyl (C=O) groups excluding carboxylic acids is 2. The number of amides is 2. The Morgan fingerprint density at radius 1 is 1.14 bits per heavy atom. The summed E-state index contributed by atoms with van der Waals surface area (Å²) in [5.74, 6) is 2.24. The molecule has 2 aliphatic rings. The van der Waals surface area contributed by atoms with Crippen molar-refractivity contribution in [3.63, 3.8) is 0 Å². The van der Waals surface area contributed by atoms with Crippen LogP contribution in [0.2, 0.25) is 0 Å². The van der Waals surface area contributed by atoms with E-state index in [2.05, 4.69) is 50.2 Å². The monoisotopic (exact) mass is 608 g/mol. The summed E-state index contributed by atoms with van der Waals surface area (Å²) in [5.41, 5.74) is 0.204. The fraction of sp³-hybridized carbons (Fsp3) is 0.647. The Labute approximate surface area is 263 Å². The molecule has 0 unspecified atom stereocenters. The number of nitrogens with one attached hydrogen (secondary N) is 2. The molecule has 1 aromatic heterocycles. The van der Waals surface area contributed by atoms with Gasteiger partial charge in [0.15, 0.2) is 0 Å². The van der Waals surface area contributed by atoms with Crippen LogP contribution in [-0.4, -0.2) is 96.7 Å². The summed E-state index contributed by atoms with van der Waals surface area (Å²) in [5, 5.41) is 6.85. The van der Waals surface area contributed by atoms with Crippen LogP contribution in [-0.2, 0) is 14.9 Å². The van der Waals surface area contributed by atoms with Gasteiger partial charge in [-0.1, -0.05) is 52.8 Å². The first-order valence-electron chi connectivity index (χ1n) is 16.2. The van der Waals surface area contributed by atoms with Crippen molar-refractivity contribution in [3.8, 4) is 5.75 Å². The minimum Gasteiger partial charge on any atom is -0.490 e. The molecule has 0 radical (unpaired) electrons. The summed E-state index contributed by atoms with van der Waals surface area (Å²) in [6.45, 7) is 14.9. The van der Waals surface area contributed by atoms with Crippen molar-refractivity contribution in [2.75, 3.05) is 58.3 Å². The molecule has 2 atom stereocenters. The molecule has 10 heteroatoms. The maximum absolute atomic E-state index is 14.3. The lowest BCUT2D eigenvalue weighted by molar-refractivity contribution is -0.138. The predicted molar refractivity (Wildman–Crippen MR) is 173 cm³/mol. The molecule has 3 heterocycles. The van der Waals surface area contributed by atoms with Gasteiger partial charge in [0.1, 0.15) is 29.1 Å². The first-order valence-corrected chi connectivity index (χ1v) is 16.2. The number of likely N-dealkylation sites (tertiary alicyclic amines) is 1. The van der Waals surface area contributed by atoms with Crippen molar-refractivity contribution < 1.29 is 19.1 Å². The van der Waals surface area contributed by atoms with Crippen LogP contribution in [0.5, 0.6) is 5.75 Å². The number of piperidine rings is 2. The molecule has 2 aromatic rings. The van der Waals surface area contributed by atoms with E-state index < -0.39 is 0 Å². The molecule has 0 aliphatic carbocycles. The van der Waals surface area contributed by atoms with Crippen LogP contribution in [0, 0.1) is 11.8 Å². The number of methoxy groups -OCH3 is 1. The van der Waals surface area contributed by atoms with E-state index in [-0.39, 0.29) is 41.2 Å². The van der Waals surface area contributed by atoms with Crippen molar-refractivity contribution >= 4 is 17.6 Å². The van der Waals surface area contributed by atoms with Crippen LogP contribution in [0.3, 0.4) is 0 Å². The summed E-state index contributed by atoms with van der Waals surface area (Å²) < 4.78 is 11.3. The van der Waals surface area contributed by atoms with Crippen molar-refractivity contribution in [2.24, 2.45) is 11.8 Å². The fourth-order valence-corrected chi connectivity index (χ4v) is 5.89. The lowest BCUT2D eigenvalue weighted by atomic mass is 9.91. The first-order chi connectivity index (χ1) is 21.1. The number of rotatable bonds is 12. The average Bonchev–Trinajstić information content (AvgIpc) is 3.01. The first kappa shape index (κ1) is 33.6. The van der Waals surface area contributed by atoms with Gasteiger partial charge < -0.3 is 29.9 Å². The van der Waals surface area contributed by atoms with Gasteiger partial charge in [0.25, 0.3) is 5.91 Å². The Kier molecular flexibility index (Phi) is 12.0. The molecule has 2 amide bonds. The van der Waals surface area contributed by atoms with Crippen molar-refractivity contribution in [1.82, 2.24) is 25.1 Å². The third kappa shape index (κ3) is 9.14. The van der Waals surface area contributed by atoms with Crippen molar-refractivity contribution in [3.05, 3.63) is 47.9 Å². The molecule has 242 valence electrons. The maximum Gasteiger partial charge on any atom is 0.259 e. The van der Waals surface area contributed by atoms with Crippen LogP contribution in [0.1, 0.15) is 76.5 Å². The van der Waals surface area contributed by atoms with Crippen LogP contribution >= 0.6 is 0 Å². The lowest BCUT2D eigenvalue weighted by Gasteiger charge is -2.41. The number of nitrogens with zero attached hydrogens (tertiary/aromatic N) is 4. The molecule has 10 nitrogen and oxygen atoms in total. The van der Waals surface area contributed by atoms with Gasteiger partial charge in [-0.15, -0.1) is 0 Å². The predicted octanol–water partition coefficient (Wildman–Crippen LogP) is 4.37. The molecule has 2 N–H and O–H groups in total. The topological polar surface area (TPSA) is 109 Å². The smallest absolute Gasteiger partial charge is 0.259 e. The number of para-hydroxylation sites is 1. The van der Waals surface area contributed by atoms with Crippen LogP contribution in [0.25, 0.3) is 0 Å². The van der Waals surface area contributed by atoms with Crippen molar-refractivity contribution in [1.29, 1.82) is 0 Å². The van der Waals surface area contributed by atoms with Gasteiger partial charge >= 0.3 is 0 Å². The van der Waals surface area contributed by atoms with Gasteiger partial charge in [0, 0.05) is 83.5 Å². The van der Waals surface area contributed by atoms with Gasteiger partial charge in [-0.2, -0.15) is 0 Å². The Morgan fingerprint density at radius 2 is 1.86 bits per heavy atom. The number of hydrogen-bond acceptors (Lipinski definition) is 8. The van der Waals surface area contributed by atoms with Gasteiger partial charge in [-0.25, -0.2) is 9.97 Å². The molecular formula is C34H52N6O4. The molecular weight excluding hydrogens is 556 g/mol. The van der Waals surface area contributed by atoms with Gasteiger partial charge in [-0.3, -0.25) is 9.59 Å². The number of aromatic nitrogens is 2. The summed E-state index contributed by atoms with van der Waals surface area (Å²) in [4.78, 5) is 41.3. The van der Waals surface area contributed by atoms with E-state index in [0.29, 0.717) is 69.5 Å². The highest BCUT2D eigenvalue weighted by Gasteiger charge is 2.37.